The number of nitrogens with zero attached hydrogens (tertiary/aromatic N) is 1. The Hall–Kier alpha value is -2.47. The number of benzene rings is 2. The number of fused-ring (bicyclic) bond motifs is 1. The van der Waals surface area contributed by atoms with Crippen LogP contribution in [0.25, 0.3) is 0 Å². The SMILES string of the molecule is N#Cc1cccc(Nc2ccc3c(c2)CCCN3)c1. The minimum atomic E-state index is 0.671. The summed E-state index contributed by atoms with van der Waals surface area (Å²) in [6.45, 7) is 1.06. The topological polar surface area (TPSA) is 47.9 Å². The van der Waals surface area contributed by atoms with Crippen LogP contribution in [0.1, 0.15) is 17.5 Å². The summed E-state index contributed by atoms with van der Waals surface area (Å²) in [7, 11) is 0. The van der Waals surface area contributed by atoms with E-state index in [-0.39, 0.29) is 0 Å². The van der Waals surface area contributed by atoms with E-state index in [0.717, 1.165) is 24.3 Å². The van der Waals surface area contributed by atoms with Crippen molar-refractivity contribution in [1.82, 2.24) is 0 Å². The summed E-state index contributed by atoms with van der Waals surface area (Å²) in [6.07, 6.45) is 2.30. The standard InChI is InChI=1S/C16H15N3/c17-11-12-3-1-5-14(9-12)19-15-6-7-16-13(10-15)4-2-8-18-16/h1,3,5-7,9-10,18-19H,2,4,8H2. The van der Waals surface area contributed by atoms with E-state index in [1.807, 2.05) is 24.3 Å². The maximum atomic E-state index is 8.90. The smallest absolute Gasteiger partial charge is 0.0992 e. The molecule has 0 saturated carbocycles. The largest absolute Gasteiger partial charge is 0.385 e. The fraction of sp³-hybridized carbons (Fsp3) is 0.188. The molecule has 1 heterocycles. The lowest BCUT2D eigenvalue weighted by Gasteiger charge is -2.19. The number of anilines is 3. The third kappa shape index (κ3) is 2.53. The molecule has 19 heavy (non-hydrogen) atoms. The molecular weight excluding hydrogens is 234 g/mol. The summed E-state index contributed by atoms with van der Waals surface area (Å²) in [4.78, 5) is 0. The average molecular weight is 249 g/mol. The molecule has 2 N–H and O–H groups in total. The van der Waals surface area contributed by atoms with Gasteiger partial charge in [0, 0.05) is 23.6 Å². The van der Waals surface area contributed by atoms with Crippen molar-refractivity contribution in [2.45, 2.75) is 12.8 Å². The molecule has 0 saturated heterocycles. The minimum Gasteiger partial charge on any atom is -0.385 e. The third-order valence-corrected chi connectivity index (χ3v) is 3.32. The highest BCUT2D eigenvalue weighted by atomic mass is 14.9. The fourth-order valence-corrected chi connectivity index (χ4v) is 2.39. The number of nitriles is 1. The Kier molecular flexibility index (Phi) is 3.07. The lowest BCUT2D eigenvalue weighted by molar-refractivity contribution is 0.831. The Bertz CT molecular complexity index is 641. The van der Waals surface area contributed by atoms with Gasteiger partial charge in [-0.15, -0.1) is 0 Å². The normalized spacial score (nSPS) is 13.0. The van der Waals surface area contributed by atoms with E-state index in [1.165, 1.54) is 17.7 Å². The van der Waals surface area contributed by atoms with Crippen LogP contribution in [0, 0.1) is 11.3 Å². The highest BCUT2D eigenvalue weighted by Gasteiger charge is 2.08. The Morgan fingerprint density at radius 2 is 2.00 bits per heavy atom. The van der Waals surface area contributed by atoms with E-state index >= 15 is 0 Å². The van der Waals surface area contributed by atoms with E-state index in [2.05, 4.69) is 34.9 Å². The van der Waals surface area contributed by atoms with Crippen molar-refractivity contribution in [1.29, 1.82) is 5.26 Å². The summed E-state index contributed by atoms with van der Waals surface area (Å²) in [6, 6.07) is 16.0. The zero-order valence-electron chi connectivity index (χ0n) is 10.6. The van der Waals surface area contributed by atoms with Gasteiger partial charge >= 0.3 is 0 Å². The van der Waals surface area contributed by atoms with Crippen LogP contribution in [0.5, 0.6) is 0 Å². The first kappa shape index (κ1) is 11.6. The highest BCUT2D eigenvalue weighted by Crippen LogP contribution is 2.27. The lowest BCUT2D eigenvalue weighted by Crippen LogP contribution is -2.11. The van der Waals surface area contributed by atoms with E-state index in [0.29, 0.717) is 5.56 Å². The van der Waals surface area contributed by atoms with Crippen LogP contribution in [0.2, 0.25) is 0 Å². The van der Waals surface area contributed by atoms with Gasteiger partial charge in [-0.2, -0.15) is 5.26 Å². The molecule has 0 atom stereocenters. The zero-order valence-corrected chi connectivity index (χ0v) is 10.6. The van der Waals surface area contributed by atoms with E-state index in [9.17, 15) is 0 Å². The summed E-state index contributed by atoms with van der Waals surface area (Å²) < 4.78 is 0. The van der Waals surface area contributed by atoms with Crippen molar-refractivity contribution in [2.75, 3.05) is 17.2 Å². The number of hydrogen-bond donors (Lipinski definition) is 2. The van der Waals surface area contributed by atoms with Gasteiger partial charge in [-0.05, 0) is 54.8 Å². The van der Waals surface area contributed by atoms with Gasteiger partial charge in [0.2, 0.25) is 0 Å². The van der Waals surface area contributed by atoms with Gasteiger partial charge in [0.1, 0.15) is 0 Å². The molecule has 3 rings (SSSR count). The maximum absolute atomic E-state index is 8.90. The molecule has 3 heteroatoms. The van der Waals surface area contributed by atoms with Crippen LogP contribution in [0.15, 0.2) is 42.5 Å². The predicted octanol–water partition coefficient (Wildman–Crippen LogP) is 3.66. The van der Waals surface area contributed by atoms with Gasteiger partial charge in [-0.1, -0.05) is 6.07 Å². The molecule has 94 valence electrons. The van der Waals surface area contributed by atoms with Crippen molar-refractivity contribution in [2.24, 2.45) is 0 Å². The first-order valence-electron chi connectivity index (χ1n) is 6.49. The van der Waals surface area contributed by atoms with Crippen LogP contribution in [0.4, 0.5) is 17.1 Å². The van der Waals surface area contributed by atoms with Crippen molar-refractivity contribution >= 4 is 17.1 Å². The summed E-state index contributed by atoms with van der Waals surface area (Å²) >= 11 is 0. The van der Waals surface area contributed by atoms with Crippen molar-refractivity contribution in [3.8, 4) is 6.07 Å². The second kappa shape index (κ2) is 5.03. The molecule has 0 spiro atoms. The molecule has 0 fully saturated rings. The second-order valence-corrected chi connectivity index (χ2v) is 4.72. The Morgan fingerprint density at radius 1 is 1.11 bits per heavy atom. The predicted molar refractivity (Wildman–Crippen MR) is 77.7 cm³/mol. The van der Waals surface area contributed by atoms with Gasteiger partial charge in [0.25, 0.3) is 0 Å². The van der Waals surface area contributed by atoms with Crippen molar-refractivity contribution < 1.29 is 0 Å². The van der Waals surface area contributed by atoms with Gasteiger partial charge in [0.15, 0.2) is 0 Å². The maximum Gasteiger partial charge on any atom is 0.0992 e. The molecule has 0 bridgehead atoms. The summed E-state index contributed by atoms with van der Waals surface area (Å²) in [5, 5.41) is 15.7. The average Bonchev–Trinajstić information content (AvgIpc) is 2.47. The van der Waals surface area contributed by atoms with Gasteiger partial charge < -0.3 is 10.6 Å². The van der Waals surface area contributed by atoms with Crippen LogP contribution in [0.3, 0.4) is 0 Å². The second-order valence-electron chi connectivity index (χ2n) is 4.72. The van der Waals surface area contributed by atoms with Gasteiger partial charge in [-0.25, -0.2) is 0 Å². The molecule has 2 aromatic carbocycles. The molecule has 1 aliphatic rings. The Labute approximate surface area is 112 Å². The lowest BCUT2D eigenvalue weighted by atomic mass is 10.0. The minimum absolute atomic E-state index is 0.671. The number of rotatable bonds is 2. The molecule has 0 aliphatic carbocycles. The number of nitrogens with one attached hydrogen (secondary N) is 2. The van der Waals surface area contributed by atoms with E-state index in [1.54, 1.807) is 0 Å². The molecular formula is C16H15N3. The Balaban J connectivity index is 1.85. The van der Waals surface area contributed by atoms with Crippen LogP contribution >= 0.6 is 0 Å². The van der Waals surface area contributed by atoms with Crippen molar-refractivity contribution in [3.63, 3.8) is 0 Å². The third-order valence-electron chi connectivity index (χ3n) is 3.32. The van der Waals surface area contributed by atoms with E-state index in [4.69, 9.17) is 5.26 Å². The van der Waals surface area contributed by atoms with Crippen molar-refractivity contribution in [3.05, 3.63) is 53.6 Å². The fourth-order valence-electron chi connectivity index (χ4n) is 2.39. The molecule has 0 amide bonds. The number of aryl methyl sites for hydroxylation is 1. The Morgan fingerprint density at radius 3 is 2.89 bits per heavy atom. The first-order valence-corrected chi connectivity index (χ1v) is 6.49. The van der Waals surface area contributed by atoms with Gasteiger partial charge in [0.05, 0.1) is 11.6 Å². The quantitative estimate of drug-likeness (QED) is 0.853. The molecule has 0 unspecified atom stereocenters. The first-order chi connectivity index (χ1) is 9.35. The molecule has 1 aliphatic heterocycles. The number of hydrogen-bond acceptors (Lipinski definition) is 3. The van der Waals surface area contributed by atoms with Crippen LogP contribution in [-0.4, -0.2) is 6.54 Å². The van der Waals surface area contributed by atoms with Gasteiger partial charge in [-0.3, -0.25) is 0 Å². The highest BCUT2D eigenvalue weighted by molar-refractivity contribution is 5.66. The molecule has 2 aromatic rings. The monoisotopic (exact) mass is 249 g/mol. The zero-order chi connectivity index (χ0) is 13.1. The summed E-state index contributed by atoms with van der Waals surface area (Å²) in [5.74, 6) is 0. The van der Waals surface area contributed by atoms with Crippen LogP contribution in [-0.2, 0) is 6.42 Å². The molecule has 3 nitrogen and oxygen atoms in total. The molecule has 0 radical (unpaired) electrons. The van der Waals surface area contributed by atoms with Crippen LogP contribution < -0.4 is 10.6 Å². The van der Waals surface area contributed by atoms with E-state index < -0.39 is 0 Å². The molecule has 0 aromatic heterocycles. The summed E-state index contributed by atoms with van der Waals surface area (Å²) in [5.41, 5.74) is 5.28.